The number of rotatable bonds is 5. The van der Waals surface area contributed by atoms with Crippen LogP contribution in [-0.2, 0) is 9.59 Å². The number of thiocarbonyl (C=S) groups is 1. The summed E-state index contributed by atoms with van der Waals surface area (Å²) in [5.74, 6) is -0.161. The average molecular weight is 313 g/mol. The van der Waals surface area contributed by atoms with Crippen LogP contribution < -0.4 is 5.73 Å². The summed E-state index contributed by atoms with van der Waals surface area (Å²) in [6.07, 6.45) is 5.55. The van der Waals surface area contributed by atoms with Crippen molar-refractivity contribution < 1.29 is 9.59 Å². The zero-order valence-electron chi connectivity index (χ0n) is 13.4. The van der Waals surface area contributed by atoms with Gasteiger partial charge in [-0.05, 0) is 19.8 Å². The molecule has 6 heteroatoms. The molecule has 0 spiro atoms. The van der Waals surface area contributed by atoms with E-state index in [2.05, 4.69) is 0 Å². The third-order valence-corrected chi connectivity index (χ3v) is 4.72. The summed E-state index contributed by atoms with van der Waals surface area (Å²) in [6.45, 7) is 2.46. The van der Waals surface area contributed by atoms with Crippen LogP contribution in [0.25, 0.3) is 0 Å². The van der Waals surface area contributed by atoms with Gasteiger partial charge in [0, 0.05) is 20.6 Å². The summed E-state index contributed by atoms with van der Waals surface area (Å²) in [4.78, 5) is 28.3. The zero-order valence-corrected chi connectivity index (χ0v) is 14.2. The first-order chi connectivity index (χ1) is 9.85. The van der Waals surface area contributed by atoms with E-state index in [-0.39, 0.29) is 23.3 Å². The number of hydrogen-bond donors (Lipinski definition) is 1. The highest BCUT2D eigenvalue weighted by Gasteiger charge is 2.43. The van der Waals surface area contributed by atoms with E-state index >= 15 is 0 Å². The van der Waals surface area contributed by atoms with Gasteiger partial charge in [0.1, 0.15) is 0 Å². The van der Waals surface area contributed by atoms with Crippen molar-refractivity contribution in [2.45, 2.75) is 45.4 Å². The van der Waals surface area contributed by atoms with Crippen molar-refractivity contribution in [3.05, 3.63) is 0 Å². The number of nitrogens with zero attached hydrogens (tertiary/aromatic N) is 2. The van der Waals surface area contributed by atoms with Gasteiger partial charge in [0.25, 0.3) is 0 Å². The lowest BCUT2D eigenvalue weighted by Gasteiger charge is -2.35. The number of hydrogen-bond acceptors (Lipinski definition) is 3. The normalized spacial score (nSPS) is 17.7. The minimum absolute atomic E-state index is 0.0744. The van der Waals surface area contributed by atoms with E-state index in [1.807, 2.05) is 6.92 Å². The number of amides is 2. The number of likely N-dealkylation sites (N-methyl/N-ethyl adjacent to an activating group) is 2. The number of carbonyl (C=O) groups excluding carboxylic acids is 2. The molecular formula is C15H27N3O2S. The van der Waals surface area contributed by atoms with Crippen LogP contribution in [0.1, 0.15) is 45.4 Å². The Labute approximate surface area is 132 Å². The maximum Gasteiger partial charge on any atom is 0.241 e. The van der Waals surface area contributed by atoms with Crippen molar-refractivity contribution in [3.63, 3.8) is 0 Å². The predicted octanol–water partition coefficient (Wildman–Crippen LogP) is 1.55. The van der Waals surface area contributed by atoms with E-state index in [4.69, 9.17) is 18.0 Å². The molecule has 5 nitrogen and oxygen atoms in total. The highest BCUT2D eigenvalue weighted by atomic mass is 32.1. The van der Waals surface area contributed by atoms with Crippen molar-refractivity contribution >= 4 is 29.0 Å². The van der Waals surface area contributed by atoms with Gasteiger partial charge in [-0.2, -0.15) is 0 Å². The first-order valence-electron chi connectivity index (χ1n) is 7.64. The quantitative estimate of drug-likeness (QED) is 0.618. The van der Waals surface area contributed by atoms with Gasteiger partial charge in [-0.15, -0.1) is 0 Å². The third kappa shape index (κ3) is 4.15. The fourth-order valence-electron chi connectivity index (χ4n) is 2.83. The maximum absolute atomic E-state index is 13.0. The minimum atomic E-state index is -0.756. The lowest BCUT2D eigenvalue weighted by molar-refractivity contribution is -0.144. The Hall–Kier alpha value is -1.17. The van der Waals surface area contributed by atoms with Crippen molar-refractivity contribution in [1.82, 2.24) is 9.80 Å². The molecule has 120 valence electrons. The Balaban J connectivity index is 2.97. The predicted molar refractivity (Wildman–Crippen MR) is 87.9 cm³/mol. The van der Waals surface area contributed by atoms with E-state index < -0.39 is 5.41 Å². The van der Waals surface area contributed by atoms with E-state index in [1.54, 1.807) is 19.0 Å². The first-order valence-corrected chi connectivity index (χ1v) is 8.05. The van der Waals surface area contributed by atoms with Gasteiger partial charge >= 0.3 is 0 Å². The van der Waals surface area contributed by atoms with Gasteiger partial charge < -0.3 is 15.5 Å². The van der Waals surface area contributed by atoms with Gasteiger partial charge in [0.15, 0.2) is 0 Å². The van der Waals surface area contributed by atoms with Crippen molar-refractivity contribution in [2.24, 2.45) is 11.1 Å². The van der Waals surface area contributed by atoms with Crippen LogP contribution >= 0.6 is 12.2 Å². The van der Waals surface area contributed by atoms with E-state index in [1.165, 1.54) is 4.90 Å². The second-order valence-electron chi connectivity index (χ2n) is 5.97. The molecule has 0 aromatic rings. The van der Waals surface area contributed by atoms with Crippen LogP contribution in [0.4, 0.5) is 0 Å². The molecule has 0 saturated heterocycles. The van der Waals surface area contributed by atoms with E-state index in [9.17, 15) is 9.59 Å². The first kappa shape index (κ1) is 17.9. The van der Waals surface area contributed by atoms with Crippen LogP contribution in [0.15, 0.2) is 0 Å². The van der Waals surface area contributed by atoms with Gasteiger partial charge in [0.2, 0.25) is 11.8 Å². The topological polar surface area (TPSA) is 66.6 Å². The molecule has 21 heavy (non-hydrogen) atoms. The standard InChI is InChI=1S/C15H27N3O2S/c1-4-18(11-12(19)17(2)3)14(20)15(13(16)21)9-7-5-6-8-10-15/h4-11H2,1-3H3,(H2,16,21). The fraction of sp³-hybridized carbons (Fsp3) is 0.800. The molecule has 1 aliphatic rings. The molecule has 0 heterocycles. The molecule has 1 fully saturated rings. The van der Waals surface area contributed by atoms with Crippen LogP contribution in [0.3, 0.4) is 0 Å². The van der Waals surface area contributed by atoms with Crippen molar-refractivity contribution in [2.75, 3.05) is 27.2 Å². The lowest BCUT2D eigenvalue weighted by Crippen LogP contribution is -2.52. The molecule has 0 atom stereocenters. The van der Waals surface area contributed by atoms with Crippen LogP contribution in [0, 0.1) is 5.41 Å². The number of nitrogens with two attached hydrogens (primary N) is 1. The summed E-state index contributed by atoms with van der Waals surface area (Å²) < 4.78 is 0. The molecule has 0 aromatic carbocycles. The molecule has 1 saturated carbocycles. The summed E-state index contributed by atoms with van der Waals surface area (Å²) in [5.41, 5.74) is 5.19. The SMILES string of the molecule is CCN(CC(=O)N(C)C)C(=O)C1(C(N)=S)CCCCCC1. The van der Waals surface area contributed by atoms with Gasteiger partial charge in [-0.25, -0.2) is 0 Å². The molecule has 0 radical (unpaired) electrons. The molecular weight excluding hydrogens is 286 g/mol. The molecule has 0 aromatic heterocycles. The van der Waals surface area contributed by atoms with Crippen LogP contribution in [0.5, 0.6) is 0 Å². The maximum atomic E-state index is 13.0. The van der Waals surface area contributed by atoms with E-state index in [0.717, 1.165) is 25.7 Å². The average Bonchev–Trinajstić information content (AvgIpc) is 2.70. The second kappa shape index (κ2) is 7.73. The highest BCUT2D eigenvalue weighted by Crippen LogP contribution is 2.37. The van der Waals surface area contributed by atoms with Crippen molar-refractivity contribution in [1.29, 1.82) is 0 Å². The Morgan fingerprint density at radius 2 is 1.67 bits per heavy atom. The Morgan fingerprint density at radius 1 is 1.14 bits per heavy atom. The zero-order chi connectivity index (χ0) is 16.0. The Kier molecular flexibility index (Phi) is 6.58. The lowest BCUT2D eigenvalue weighted by atomic mass is 9.78. The Morgan fingerprint density at radius 3 is 2.05 bits per heavy atom. The molecule has 2 N–H and O–H groups in total. The van der Waals surface area contributed by atoms with Crippen molar-refractivity contribution in [3.8, 4) is 0 Å². The smallest absolute Gasteiger partial charge is 0.241 e. The summed E-state index contributed by atoms with van der Waals surface area (Å²) in [7, 11) is 3.38. The van der Waals surface area contributed by atoms with Crippen LogP contribution in [0.2, 0.25) is 0 Å². The molecule has 0 aliphatic heterocycles. The summed E-state index contributed by atoms with van der Waals surface area (Å²) >= 11 is 5.23. The number of carbonyl (C=O) groups is 2. The van der Waals surface area contributed by atoms with Crippen LogP contribution in [-0.4, -0.2) is 53.8 Å². The monoisotopic (exact) mass is 313 g/mol. The molecule has 0 bridgehead atoms. The second-order valence-corrected chi connectivity index (χ2v) is 6.41. The highest BCUT2D eigenvalue weighted by molar-refractivity contribution is 7.80. The molecule has 1 rings (SSSR count). The molecule has 1 aliphatic carbocycles. The van der Waals surface area contributed by atoms with Gasteiger partial charge in [0.05, 0.1) is 16.9 Å². The largest absolute Gasteiger partial charge is 0.392 e. The summed E-state index contributed by atoms with van der Waals surface area (Å²) in [6, 6.07) is 0. The molecule has 2 amide bonds. The molecule has 0 unspecified atom stereocenters. The fourth-order valence-corrected chi connectivity index (χ4v) is 3.12. The Bertz CT molecular complexity index is 402. The minimum Gasteiger partial charge on any atom is -0.392 e. The van der Waals surface area contributed by atoms with E-state index in [0.29, 0.717) is 19.4 Å². The van der Waals surface area contributed by atoms with Gasteiger partial charge in [-0.3, -0.25) is 9.59 Å². The third-order valence-electron chi connectivity index (χ3n) is 4.33. The summed E-state index contributed by atoms with van der Waals surface area (Å²) in [5, 5.41) is 0. The van der Waals surface area contributed by atoms with Gasteiger partial charge in [-0.1, -0.05) is 37.9 Å².